The predicted octanol–water partition coefficient (Wildman–Crippen LogP) is 2.58. The van der Waals surface area contributed by atoms with Gasteiger partial charge in [0.25, 0.3) is 5.16 Å². The molecule has 0 aliphatic carbocycles. The number of anilines is 1. The van der Waals surface area contributed by atoms with Gasteiger partial charge in [-0.25, -0.2) is 13.4 Å². The van der Waals surface area contributed by atoms with Crippen molar-refractivity contribution >= 4 is 26.8 Å². The van der Waals surface area contributed by atoms with Crippen LogP contribution in [0.4, 0.5) is 5.82 Å². The van der Waals surface area contributed by atoms with Gasteiger partial charge in [0.15, 0.2) is 17.0 Å². The van der Waals surface area contributed by atoms with Crippen LogP contribution in [0.15, 0.2) is 41.8 Å². The topological polar surface area (TPSA) is 99.0 Å². The molecule has 1 aliphatic heterocycles. The van der Waals surface area contributed by atoms with E-state index in [1.54, 1.807) is 6.33 Å². The van der Waals surface area contributed by atoms with Crippen LogP contribution >= 0.6 is 0 Å². The lowest BCUT2D eigenvalue weighted by atomic mass is 10.1. The molecule has 1 N–H and O–H groups in total. The van der Waals surface area contributed by atoms with Gasteiger partial charge in [0.1, 0.15) is 6.23 Å². The third-order valence-electron chi connectivity index (χ3n) is 4.75. The van der Waals surface area contributed by atoms with Crippen molar-refractivity contribution in [2.45, 2.75) is 37.1 Å². The van der Waals surface area contributed by atoms with Gasteiger partial charge in [-0.15, -0.1) is 0 Å². The van der Waals surface area contributed by atoms with Gasteiger partial charge in [0.05, 0.1) is 6.33 Å². The summed E-state index contributed by atoms with van der Waals surface area (Å²) in [6, 6.07) is 10.1. The van der Waals surface area contributed by atoms with Gasteiger partial charge in [0, 0.05) is 19.4 Å². The van der Waals surface area contributed by atoms with E-state index >= 15 is 0 Å². The van der Waals surface area contributed by atoms with E-state index in [1.165, 1.54) is 5.56 Å². The van der Waals surface area contributed by atoms with Crippen LogP contribution in [-0.2, 0) is 21.0 Å². The van der Waals surface area contributed by atoms with E-state index in [4.69, 9.17) is 4.74 Å². The van der Waals surface area contributed by atoms with Gasteiger partial charge in [-0.05, 0) is 31.2 Å². The van der Waals surface area contributed by atoms with E-state index in [2.05, 4.69) is 20.3 Å². The fourth-order valence-electron chi connectivity index (χ4n) is 3.31. The molecule has 2 aromatic heterocycles. The molecule has 4 rings (SSSR count). The van der Waals surface area contributed by atoms with E-state index in [0.29, 0.717) is 30.1 Å². The van der Waals surface area contributed by atoms with Gasteiger partial charge in [0.2, 0.25) is 9.84 Å². The zero-order valence-electron chi connectivity index (χ0n) is 15.7. The highest BCUT2D eigenvalue weighted by molar-refractivity contribution is 7.90. The highest BCUT2D eigenvalue weighted by atomic mass is 32.2. The lowest BCUT2D eigenvalue weighted by Crippen LogP contribution is -2.18. The second-order valence-electron chi connectivity index (χ2n) is 6.93. The van der Waals surface area contributed by atoms with Gasteiger partial charge >= 0.3 is 0 Å². The van der Waals surface area contributed by atoms with Crippen molar-refractivity contribution in [3.05, 3.63) is 42.2 Å². The van der Waals surface area contributed by atoms with Crippen LogP contribution in [0.3, 0.4) is 0 Å². The number of rotatable bonds is 6. The number of nitrogens with one attached hydrogen (secondary N) is 1. The van der Waals surface area contributed by atoms with Crippen LogP contribution in [0.25, 0.3) is 11.2 Å². The molecule has 0 amide bonds. The molecular formula is C19H23N5O3S. The molecule has 8 nitrogen and oxygen atoms in total. The molecule has 0 radical (unpaired) electrons. The highest BCUT2D eigenvalue weighted by Gasteiger charge is 2.23. The van der Waals surface area contributed by atoms with Crippen molar-refractivity contribution in [2.24, 2.45) is 0 Å². The molecule has 1 aliphatic rings. The molecule has 9 heteroatoms. The third kappa shape index (κ3) is 4.00. The van der Waals surface area contributed by atoms with Gasteiger partial charge < -0.3 is 10.1 Å². The van der Waals surface area contributed by atoms with Gasteiger partial charge in [-0.3, -0.25) is 4.57 Å². The average molecular weight is 401 g/mol. The van der Waals surface area contributed by atoms with Crippen LogP contribution in [0.1, 0.15) is 31.1 Å². The monoisotopic (exact) mass is 401 g/mol. The molecule has 28 heavy (non-hydrogen) atoms. The fraction of sp³-hybridized carbons (Fsp3) is 0.421. The molecule has 0 spiro atoms. The van der Waals surface area contributed by atoms with E-state index in [9.17, 15) is 8.42 Å². The van der Waals surface area contributed by atoms with Crippen molar-refractivity contribution in [2.75, 3.05) is 24.7 Å². The summed E-state index contributed by atoms with van der Waals surface area (Å²) in [7, 11) is -3.56. The molecule has 1 saturated heterocycles. The first kappa shape index (κ1) is 18.8. The Morgan fingerprint density at radius 1 is 1.21 bits per heavy atom. The zero-order valence-corrected chi connectivity index (χ0v) is 16.5. The van der Waals surface area contributed by atoms with E-state index in [1.807, 2.05) is 34.9 Å². The predicted molar refractivity (Wildman–Crippen MR) is 106 cm³/mol. The van der Waals surface area contributed by atoms with Crippen molar-refractivity contribution in [1.82, 2.24) is 19.5 Å². The Morgan fingerprint density at radius 2 is 2.04 bits per heavy atom. The number of imidazole rings is 1. The lowest BCUT2D eigenvalue weighted by molar-refractivity contribution is -0.0298. The molecule has 1 unspecified atom stereocenters. The van der Waals surface area contributed by atoms with E-state index in [-0.39, 0.29) is 11.4 Å². The van der Waals surface area contributed by atoms with Crippen molar-refractivity contribution in [3.63, 3.8) is 0 Å². The van der Waals surface area contributed by atoms with Gasteiger partial charge in [-0.2, -0.15) is 9.97 Å². The summed E-state index contributed by atoms with van der Waals surface area (Å²) in [5.41, 5.74) is 2.21. The van der Waals surface area contributed by atoms with Crippen LogP contribution in [0.5, 0.6) is 0 Å². The van der Waals surface area contributed by atoms with Crippen molar-refractivity contribution in [3.8, 4) is 0 Å². The summed E-state index contributed by atoms with van der Waals surface area (Å²) in [6.07, 6.45) is 6.30. The Morgan fingerprint density at radius 3 is 2.75 bits per heavy atom. The minimum absolute atomic E-state index is 0.182. The van der Waals surface area contributed by atoms with Crippen LogP contribution < -0.4 is 5.32 Å². The van der Waals surface area contributed by atoms with E-state index < -0.39 is 9.84 Å². The maximum Gasteiger partial charge on any atom is 0.250 e. The zero-order chi connectivity index (χ0) is 19.6. The SMILES string of the molecule is CS(=O)(=O)c1nc(NCCc2ccccc2)c2ncn(C3CCCCO3)c2n1. The Hall–Kier alpha value is -2.52. The molecular weight excluding hydrogens is 378 g/mol. The Labute approximate surface area is 163 Å². The Kier molecular flexibility index (Phi) is 5.27. The second-order valence-corrected chi connectivity index (χ2v) is 8.84. The molecule has 3 aromatic rings. The molecule has 0 bridgehead atoms. The minimum atomic E-state index is -3.56. The number of fused-ring (bicyclic) bond motifs is 1. The standard InChI is InChI=1S/C19H23N5O3S/c1-28(25,26)19-22-17(20-11-10-14-7-3-2-4-8-14)16-18(23-19)24(13-21-16)15-9-5-6-12-27-15/h2-4,7-8,13,15H,5-6,9-12H2,1H3,(H,20,22,23). The smallest absolute Gasteiger partial charge is 0.250 e. The average Bonchev–Trinajstić information content (AvgIpc) is 3.13. The lowest BCUT2D eigenvalue weighted by Gasteiger charge is -2.23. The largest absolute Gasteiger partial charge is 0.368 e. The maximum atomic E-state index is 12.1. The second kappa shape index (κ2) is 7.84. The van der Waals surface area contributed by atoms with Crippen LogP contribution in [0, 0.1) is 0 Å². The number of hydrogen-bond acceptors (Lipinski definition) is 7. The number of nitrogens with zero attached hydrogens (tertiary/aromatic N) is 4. The van der Waals surface area contributed by atoms with Crippen LogP contribution in [-0.4, -0.2) is 47.3 Å². The first-order chi connectivity index (χ1) is 13.5. The maximum absolute atomic E-state index is 12.1. The summed E-state index contributed by atoms with van der Waals surface area (Å²) >= 11 is 0. The Bertz CT molecular complexity index is 1060. The summed E-state index contributed by atoms with van der Waals surface area (Å²) in [6.45, 7) is 1.28. The Balaban J connectivity index is 1.67. The number of aromatic nitrogens is 4. The molecule has 1 fully saturated rings. The van der Waals surface area contributed by atoms with Crippen molar-refractivity contribution < 1.29 is 13.2 Å². The third-order valence-corrected chi connectivity index (χ3v) is 5.59. The van der Waals surface area contributed by atoms with Crippen molar-refractivity contribution in [1.29, 1.82) is 0 Å². The fourth-order valence-corrected chi connectivity index (χ4v) is 3.82. The normalized spacial score (nSPS) is 17.7. The highest BCUT2D eigenvalue weighted by Crippen LogP contribution is 2.28. The summed E-state index contributed by atoms with van der Waals surface area (Å²) in [5.74, 6) is 0.427. The summed E-state index contributed by atoms with van der Waals surface area (Å²) < 4.78 is 31.9. The quantitative estimate of drug-likeness (QED) is 0.634. The molecule has 1 atom stereocenters. The first-order valence-electron chi connectivity index (χ1n) is 9.36. The summed E-state index contributed by atoms with van der Waals surface area (Å²) in [4.78, 5) is 13.0. The number of hydrogen-bond donors (Lipinski definition) is 1. The first-order valence-corrected chi connectivity index (χ1v) is 11.3. The molecule has 1 aromatic carbocycles. The van der Waals surface area contributed by atoms with Gasteiger partial charge in [-0.1, -0.05) is 30.3 Å². The molecule has 0 saturated carbocycles. The van der Waals surface area contributed by atoms with Crippen LogP contribution in [0.2, 0.25) is 0 Å². The number of ether oxygens (including phenoxy) is 1. The number of benzene rings is 1. The minimum Gasteiger partial charge on any atom is -0.368 e. The summed E-state index contributed by atoms with van der Waals surface area (Å²) in [5, 5.41) is 3.02. The molecule has 3 heterocycles. The number of sulfone groups is 1. The molecule has 148 valence electrons. The van der Waals surface area contributed by atoms with E-state index in [0.717, 1.165) is 31.9 Å².